The largest absolute Gasteiger partial charge is 0.426 e. The van der Waals surface area contributed by atoms with Crippen LogP contribution in [0.25, 0.3) is 22.5 Å². The number of unbranched alkanes of at least 4 members (excludes halogenated alkanes) is 5. The zero-order chi connectivity index (χ0) is 24.2. The summed E-state index contributed by atoms with van der Waals surface area (Å²) >= 11 is 0. The van der Waals surface area contributed by atoms with Gasteiger partial charge in [-0.2, -0.15) is 0 Å². The number of rotatable bonds is 13. The molecule has 0 saturated heterocycles. The minimum absolute atomic E-state index is 0.0725. The van der Waals surface area contributed by atoms with Gasteiger partial charge in [-0.15, -0.1) is 0 Å². The number of hydrogen-bond donors (Lipinski definition) is 0. The highest BCUT2D eigenvalue weighted by Gasteiger charge is 2.15. The monoisotopic (exact) mass is 458 g/mol. The van der Waals surface area contributed by atoms with E-state index in [2.05, 4.69) is 48.1 Å². The third-order valence-corrected chi connectivity index (χ3v) is 6.22. The van der Waals surface area contributed by atoms with Gasteiger partial charge in [0, 0.05) is 18.0 Å². The van der Waals surface area contributed by atoms with Crippen LogP contribution < -0.4 is 4.74 Å². The maximum Gasteiger partial charge on any atom is 0.314 e. The summed E-state index contributed by atoms with van der Waals surface area (Å²) in [4.78, 5) is 21.5. The molecule has 1 atom stereocenters. The van der Waals surface area contributed by atoms with Gasteiger partial charge in [0.15, 0.2) is 5.82 Å². The predicted octanol–water partition coefficient (Wildman–Crippen LogP) is 8.06. The molecule has 0 spiro atoms. The average Bonchev–Trinajstić information content (AvgIpc) is 2.88. The first kappa shape index (κ1) is 25.6. The molecule has 1 aromatic heterocycles. The van der Waals surface area contributed by atoms with Crippen molar-refractivity contribution in [3.05, 3.63) is 66.5 Å². The molecule has 0 amide bonds. The van der Waals surface area contributed by atoms with Crippen molar-refractivity contribution in [3.63, 3.8) is 0 Å². The summed E-state index contributed by atoms with van der Waals surface area (Å²) in [6.07, 6.45) is 14.1. The van der Waals surface area contributed by atoms with E-state index in [0.29, 0.717) is 5.75 Å². The second-order valence-corrected chi connectivity index (χ2v) is 9.15. The summed E-state index contributed by atoms with van der Waals surface area (Å²) in [6.45, 7) is 6.36. The van der Waals surface area contributed by atoms with Crippen molar-refractivity contribution < 1.29 is 9.53 Å². The van der Waals surface area contributed by atoms with Crippen molar-refractivity contribution in [1.29, 1.82) is 0 Å². The maximum absolute atomic E-state index is 12.4. The molecule has 3 aromatic rings. The Hall–Kier alpha value is -3.01. The first-order valence-electron chi connectivity index (χ1n) is 12.8. The summed E-state index contributed by atoms with van der Waals surface area (Å²) < 4.78 is 5.59. The van der Waals surface area contributed by atoms with Crippen molar-refractivity contribution in [1.82, 2.24) is 9.97 Å². The van der Waals surface area contributed by atoms with Gasteiger partial charge in [-0.25, -0.2) is 9.97 Å². The Morgan fingerprint density at radius 2 is 1.32 bits per heavy atom. The van der Waals surface area contributed by atoms with Crippen molar-refractivity contribution in [2.75, 3.05) is 0 Å². The molecular weight excluding hydrogens is 420 g/mol. The highest BCUT2D eigenvalue weighted by Crippen LogP contribution is 2.26. The lowest BCUT2D eigenvalue weighted by atomic mass is 10.0. The summed E-state index contributed by atoms with van der Waals surface area (Å²) in [5.41, 5.74) is 4.37. The molecule has 0 radical (unpaired) electrons. The zero-order valence-corrected chi connectivity index (χ0v) is 20.9. The molecule has 0 aliphatic carbocycles. The fourth-order valence-electron chi connectivity index (χ4n) is 3.95. The lowest BCUT2D eigenvalue weighted by Crippen LogP contribution is -2.17. The molecule has 2 aromatic carbocycles. The second-order valence-electron chi connectivity index (χ2n) is 9.15. The van der Waals surface area contributed by atoms with Gasteiger partial charge in [-0.3, -0.25) is 4.79 Å². The van der Waals surface area contributed by atoms with Crippen LogP contribution in [0.5, 0.6) is 5.75 Å². The number of ether oxygens (including phenoxy) is 1. The fourth-order valence-corrected chi connectivity index (χ4v) is 3.95. The smallest absolute Gasteiger partial charge is 0.314 e. The molecule has 34 heavy (non-hydrogen) atoms. The average molecular weight is 459 g/mol. The highest BCUT2D eigenvalue weighted by atomic mass is 16.5. The number of aryl methyl sites for hydroxylation is 1. The van der Waals surface area contributed by atoms with Gasteiger partial charge >= 0.3 is 5.97 Å². The predicted molar refractivity (Wildman–Crippen MR) is 140 cm³/mol. The molecule has 0 aliphatic rings. The fraction of sp³-hybridized carbons (Fsp3) is 0.433. The normalized spacial score (nSPS) is 11.9. The number of benzene rings is 2. The van der Waals surface area contributed by atoms with Crippen LogP contribution in [0.15, 0.2) is 60.9 Å². The Balaban J connectivity index is 1.55. The molecule has 180 valence electrons. The molecule has 0 N–H and O–H groups in total. The van der Waals surface area contributed by atoms with Gasteiger partial charge < -0.3 is 4.74 Å². The van der Waals surface area contributed by atoms with Gasteiger partial charge in [-0.1, -0.05) is 95.7 Å². The van der Waals surface area contributed by atoms with E-state index in [4.69, 9.17) is 4.74 Å². The lowest BCUT2D eigenvalue weighted by Gasteiger charge is -2.11. The van der Waals surface area contributed by atoms with Crippen LogP contribution in [0.1, 0.15) is 77.7 Å². The number of nitrogens with zero attached hydrogens (tertiary/aromatic N) is 2. The van der Waals surface area contributed by atoms with Gasteiger partial charge in [0.2, 0.25) is 0 Å². The Kier molecular flexibility index (Phi) is 10.3. The Bertz CT molecular complexity index is 995. The summed E-state index contributed by atoms with van der Waals surface area (Å²) in [6, 6.07) is 16.0. The van der Waals surface area contributed by atoms with E-state index in [1.165, 1.54) is 44.1 Å². The molecule has 3 rings (SSSR count). The summed E-state index contributed by atoms with van der Waals surface area (Å²) in [5.74, 6) is 1.12. The van der Waals surface area contributed by atoms with E-state index < -0.39 is 0 Å². The SMILES string of the molecule is CCCCCC[C@H](C)C(=O)Oc1ccc(-c2ccc(-c3ncc(CCCCC)cn3)cc2)cc1. The molecule has 4 heteroatoms. The van der Waals surface area contributed by atoms with Crippen LogP contribution in [-0.4, -0.2) is 15.9 Å². The molecule has 0 unspecified atom stereocenters. The first-order valence-corrected chi connectivity index (χ1v) is 12.8. The Labute approximate surface area is 204 Å². The van der Waals surface area contributed by atoms with Crippen LogP contribution in [0.3, 0.4) is 0 Å². The minimum Gasteiger partial charge on any atom is -0.426 e. The Morgan fingerprint density at radius 1 is 0.765 bits per heavy atom. The lowest BCUT2D eigenvalue weighted by molar-refractivity contribution is -0.138. The standard InChI is InChI=1S/C30H38N2O2/c1-4-6-8-10-11-23(3)30(33)34-28-19-17-26(18-20-28)25-13-15-27(16-14-25)29-31-21-24(22-32-29)12-9-7-5-2/h13-23H,4-12H2,1-3H3/t23-/m0/s1. The van der Waals surface area contributed by atoms with E-state index in [-0.39, 0.29) is 11.9 Å². The van der Waals surface area contributed by atoms with Gasteiger partial charge in [0.05, 0.1) is 5.92 Å². The van der Waals surface area contributed by atoms with Gasteiger partial charge in [0.25, 0.3) is 0 Å². The van der Waals surface area contributed by atoms with Crippen molar-refractivity contribution in [2.24, 2.45) is 5.92 Å². The van der Waals surface area contributed by atoms with E-state index in [0.717, 1.165) is 41.8 Å². The quantitative estimate of drug-likeness (QED) is 0.148. The van der Waals surface area contributed by atoms with Crippen LogP contribution in [0.2, 0.25) is 0 Å². The maximum atomic E-state index is 12.4. The molecule has 4 nitrogen and oxygen atoms in total. The molecule has 0 bridgehead atoms. The molecule has 1 heterocycles. The third-order valence-electron chi connectivity index (χ3n) is 6.22. The number of aromatic nitrogens is 2. The van der Waals surface area contributed by atoms with Crippen molar-refractivity contribution >= 4 is 5.97 Å². The van der Waals surface area contributed by atoms with E-state index >= 15 is 0 Å². The van der Waals surface area contributed by atoms with Crippen LogP contribution >= 0.6 is 0 Å². The topological polar surface area (TPSA) is 52.1 Å². The number of carbonyl (C=O) groups is 1. The number of carbonyl (C=O) groups excluding carboxylic acids is 1. The molecule has 0 aliphatic heterocycles. The molecule has 0 fully saturated rings. The summed E-state index contributed by atoms with van der Waals surface area (Å²) in [7, 11) is 0. The van der Waals surface area contributed by atoms with Crippen LogP contribution in [-0.2, 0) is 11.2 Å². The van der Waals surface area contributed by atoms with E-state index in [9.17, 15) is 4.79 Å². The number of hydrogen-bond acceptors (Lipinski definition) is 4. The van der Waals surface area contributed by atoms with E-state index in [1.807, 2.05) is 43.6 Å². The van der Waals surface area contributed by atoms with Crippen molar-refractivity contribution in [3.8, 4) is 28.3 Å². The van der Waals surface area contributed by atoms with Crippen molar-refractivity contribution in [2.45, 2.75) is 78.6 Å². The van der Waals surface area contributed by atoms with Crippen LogP contribution in [0.4, 0.5) is 0 Å². The van der Waals surface area contributed by atoms with E-state index in [1.54, 1.807) is 0 Å². The van der Waals surface area contributed by atoms with Gasteiger partial charge in [-0.05, 0) is 48.1 Å². The number of esters is 1. The second kappa shape index (κ2) is 13.6. The highest BCUT2D eigenvalue weighted by molar-refractivity contribution is 5.75. The first-order chi connectivity index (χ1) is 16.6. The zero-order valence-electron chi connectivity index (χ0n) is 20.9. The third kappa shape index (κ3) is 7.79. The molecule has 0 saturated carbocycles. The summed E-state index contributed by atoms with van der Waals surface area (Å²) in [5, 5.41) is 0. The van der Waals surface area contributed by atoms with Crippen LogP contribution in [0, 0.1) is 5.92 Å². The van der Waals surface area contributed by atoms with Gasteiger partial charge in [0.1, 0.15) is 5.75 Å². The molecular formula is C30H38N2O2. The Morgan fingerprint density at radius 3 is 1.94 bits per heavy atom. The minimum atomic E-state index is -0.148.